The Balaban J connectivity index is 1.29. The Labute approximate surface area is 182 Å². The Morgan fingerprint density at radius 3 is 2.97 bits per heavy atom. The Hall–Kier alpha value is -3.05. The van der Waals surface area contributed by atoms with Crippen molar-refractivity contribution in [1.29, 1.82) is 0 Å². The quantitative estimate of drug-likeness (QED) is 0.556. The van der Waals surface area contributed by atoms with Crippen LogP contribution in [0.25, 0.3) is 11.5 Å². The molecular formula is C20H22N6O4S. The zero-order valence-corrected chi connectivity index (χ0v) is 17.8. The molecule has 1 N–H and O–H groups in total. The van der Waals surface area contributed by atoms with Crippen LogP contribution in [-0.4, -0.2) is 55.7 Å². The molecule has 5 rings (SSSR count). The van der Waals surface area contributed by atoms with Gasteiger partial charge < -0.3 is 19.5 Å². The SMILES string of the molecule is Cn1ccc(-c2nnc(SCC(=O)Nc3ccc4c(c3)OCO4)n2C[C@@H]2CCCO2)n1. The maximum absolute atomic E-state index is 12.5. The lowest BCUT2D eigenvalue weighted by molar-refractivity contribution is -0.113. The molecule has 31 heavy (non-hydrogen) atoms. The van der Waals surface area contributed by atoms with E-state index in [1.54, 1.807) is 22.9 Å². The van der Waals surface area contributed by atoms with Crippen LogP contribution in [0.2, 0.25) is 0 Å². The van der Waals surface area contributed by atoms with Gasteiger partial charge in [0, 0.05) is 31.6 Å². The molecule has 3 aromatic rings. The van der Waals surface area contributed by atoms with Crippen molar-refractivity contribution in [2.75, 3.05) is 24.5 Å². The zero-order valence-electron chi connectivity index (χ0n) is 17.0. The smallest absolute Gasteiger partial charge is 0.234 e. The lowest BCUT2D eigenvalue weighted by Crippen LogP contribution is -2.18. The molecule has 1 amide bonds. The number of carbonyl (C=O) groups excluding carboxylic acids is 1. The van der Waals surface area contributed by atoms with Gasteiger partial charge in [-0.25, -0.2) is 0 Å². The molecule has 2 aromatic heterocycles. The second kappa shape index (κ2) is 8.60. The maximum atomic E-state index is 12.5. The number of fused-ring (bicyclic) bond motifs is 1. The molecule has 0 saturated carbocycles. The molecule has 10 nitrogen and oxygen atoms in total. The number of ether oxygens (including phenoxy) is 3. The van der Waals surface area contributed by atoms with E-state index >= 15 is 0 Å². The number of nitrogens with one attached hydrogen (secondary N) is 1. The van der Waals surface area contributed by atoms with Crippen molar-refractivity contribution in [3.05, 3.63) is 30.5 Å². The van der Waals surface area contributed by atoms with Gasteiger partial charge in [0.05, 0.1) is 18.4 Å². The number of aromatic nitrogens is 5. The van der Waals surface area contributed by atoms with Gasteiger partial charge in [-0.3, -0.25) is 14.0 Å². The van der Waals surface area contributed by atoms with E-state index in [0.717, 1.165) is 25.1 Å². The monoisotopic (exact) mass is 442 g/mol. The van der Waals surface area contributed by atoms with Crippen molar-refractivity contribution in [2.24, 2.45) is 7.05 Å². The third kappa shape index (κ3) is 4.37. The van der Waals surface area contributed by atoms with Crippen LogP contribution in [-0.2, 0) is 23.1 Å². The van der Waals surface area contributed by atoms with Gasteiger partial charge >= 0.3 is 0 Å². The van der Waals surface area contributed by atoms with Crippen LogP contribution in [0.4, 0.5) is 5.69 Å². The first-order valence-corrected chi connectivity index (χ1v) is 11.0. The number of amides is 1. The molecule has 2 aliphatic rings. The second-order valence-electron chi connectivity index (χ2n) is 7.33. The molecule has 0 aliphatic carbocycles. The minimum atomic E-state index is -0.144. The average molecular weight is 443 g/mol. The van der Waals surface area contributed by atoms with Crippen LogP contribution in [0.3, 0.4) is 0 Å². The van der Waals surface area contributed by atoms with E-state index in [-0.39, 0.29) is 24.6 Å². The fraction of sp³-hybridized carbons (Fsp3) is 0.400. The van der Waals surface area contributed by atoms with Gasteiger partial charge in [0.15, 0.2) is 22.5 Å². The molecule has 4 heterocycles. The minimum Gasteiger partial charge on any atom is -0.454 e. The molecule has 2 aliphatic heterocycles. The summed E-state index contributed by atoms with van der Waals surface area (Å²) in [4.78, 5) is 12.5. The molecule has 1 atom stereocenters. The van der Waals surface area contributed by atoms with Crippen LogP contribution in [0.15, 0.2) is 35.6 Å². The van der Waals surface area contributed by atoms with Gasteiger partial charge in [-0.1, -0.05) is 11.8 Å². The first-order valence-electron chi connectivity index (χ1n) is 10.0. The van der Waals surface area contributed by atoms with Crippen LogP contribution in [0, 0.1) is 0 Å². The number of hydrogen-bond acceptors (Lipinski definition) is 8. The highest BCUT2D eigenvalue weighted by atomic mass is 32.2. The van der Waals surface area contributed by atoms with E-state index in [1.807, 2.05) is 23.9 Å². The van der Waals surface area contributed by atoms with Crippen molar-refractivity contribution in [3.63, 3.8) is 0 Å². The van der Waals surface area contributed by atoms with Crippen LogP contribution in [0.5, 0.6) is 11.5 Å². The normalized spacial score (nSPS) is 17.3. The van der Waals surface area contributed by atoms with E-state index in [9.17, 15) is 4.79 Å². The Bertz CT molecular complexity index is 1090. The summed E-state index contributed by atoms with van der Waals surface area (Å²) < 4.78 is 20.2. The van der Waals surface area contributed by atoms with Crippen molar-refractivity contribution < 1.29 is 19.0 Å². The number of rotatable bonds is 7. The molecule has 1 fully saturated rings. The molecule has 1 saturated heterocycles. The van der Waals surface area contributed by atoms with E-state index in [1.165, 1.54) is 11.8 Å². The molecule has 162 valence electrons. The fourth-order valence-electron chi connectivity index (χ4n) is 3.58. The summed E-state index contributed by atoms with van der Waals surface area (Å²) in [5.74, 6) is 2.03. The summed E-state index contributed by atoms with van der Waals surface area (Å²) in [7, 11) is 1.86. The average Bonchev–Trinajstić information content (AvgIpc) is 3.54. The first-order chi connectivity index (χ1) is 15.2. The number of thioether (sulfide) groups is 1. The summed E-state index contributed by atoms with van der Waals surface area (Å²) in [5.41, 5.74) is 1.40. The van der Waals surface area contributed by atoms with E-state index in [4.69, 9.17) is 14.2 Å². The number of hydrogen-bond donors (Lipinski definition) is 1. The first kappa shape index (κ1) is 19.9. The molecular weight excluding hydrogens is 420 g/mol. The molecule has 11 heteroatoms. The summed E-state index contributed by atoms with van der Waals surface area (Å²) in [6.07, 6.45) is 4.02. The van der Waals surface area contributed by atoms with Crippen molar-refractivity contribution in [1.82, 2.24) is 24.5 Å². The number of benzene rings is 1. The van der Waals surface area contributed by atoms with Crippen LogP contribution >= 0.6 is 11.8 Å². The van der Waals surface area contributed by atoms with Crippen molar-refractivity contribution in [3.8, 4) is 23.0 Å². The van der Waals surface area contributed by atoms with Crippen LogP contribution in [0.1, 0.15) is 12.8 Å². The fourth-order valence-corrected chi connectivity index (χ4v) is 4.33. The molecule has 0 bridgehead atoms. The standard InChI is InChI=1S/C20H22N6O4S/c1-25-7-6-15(24-25)19-22-23-20(26(19)10-14-3-2-8-28-14)31-11-18(27)21-13-4-5-16-17(9-13)30-12-29-16/h4-7,9,14H,2-3,8,10-12H2,1H3,(H,21,27)/t14-/m0/s1. The van der Waals surface area contributed by atoms with Gasteiger partial charge in [-0.2, -0.15) is 5.10 Å². The Morgan fingerprint density at radius 2 is 2.16 bits per heavy atom. The largest absolute Gasteiger partial charge is 0.454 e. The molecule has 1 aromatic carbocycles. The van der Waals surface area contributed by atoms with Crippen LogP contribution < -0.4 is 14.8 Å². The predicted octanol–water partition coefficient (Wildman–Crippen LogP) is 2.32. The van der Waals surface area contributed by atoms with E-state index < -0.39 is 0 Å². The topological polar surface area (TPSA) is 105 Å². The summed E-state index contributed by atoms with van der Waals surface area (Å²) in [5, 5.41) is 16.7. The number of nitrogens with zero attached hydrogens (tertiary/aromatic N) is 5. The second-order valence-corrected chi connectivity index (χ2v) is 8.27. The lowest BCUT2D eigenvalue weighted by atomic mass is 10.2. The van der Waals surface area contributed by atoms with Gasteiger partial charge in [0.1, 0.15) is 5.69 Å². The third-order valence-electron chi connectivity index (χ3n) is 5.06. The third-order valence-corrected chi connectivity index (χ3v) is 6.03. The summed E-state index contributed by atoms with van der Waals surface area (Å²) in [6, 6.07) is 7.22. The molecule has 0 spiro atoms. The zero-order chi connectivity index (χ0) is 21.2. The Kier molecular flexibility index (Phi) is 5.51. The van der Waals surface area contributed by atoms with Crippen molar-refractivity contribution >= 4 is 23.4 Å². The maximum Gasteiger partial charge on any atom is 0.234 e. The van der Waals surface area contributed by atoms with E-state index in [2.05, 4.69) is 20.6 Å². The number of anilines is 1. The Morgan fingerprint density at radius 1 is 1.26 bits per heavy atom. The summed E-state index contributed by atoms with van der Waals surface area (Å²) >= 11 is 1.34. The number of aryl methyl sites for hydroxylation is 1. The summed E-state index contributed by atoms with van der Waals surface area (Å²) in [6.45, 7) is 1.60. The van der Waals surface area contributed by atoms with Gasteiger partial charge in [0.2, 0.25) is 12.7 Å². The van der Waals surface area contributed by atoms with Crippen molar-refractivity contribution in [2.45, 2.75) is 30.6 Å². The van der Waals surface area contributed by atoms with Gasteiger partial charge in [-0.15, -0.1) is 10.2 Å². The molecule has 0 radical (unpaired) electrons. The van der Waals surface area contributed by atoms with Gasteiger partial charge in [-0.05, 0) is 31.0 Å². The predicted molar refractivity (Wildman–Crippen MR) is 113 cm³/mol. The highest BCUT2D eigenvalue weighted by Crippen LogP contribution is 2.34. The number of carbonyl (C=O) groups is 1. The molecule has 0 unspecified atom stereocenters. The van der Waals surface area contributed by atoms with Gasteiger partial charge in [0.25, 0.3) is 0 Å². The minimum absolute atomic E-state index is 0.111. The highest BCUT2D eigenvalue weighted by Gasteiger charge is 2.23. The van der Waals surface area contributed by atoms with E-state index in [0.29, 0.717) is 34.7 Å². The lowest BCUT2D eigenvalue weighted by Gasteiger charge is -2.14. The highest BCUT2D eigenvalue weighted by molar-refractivity contribution is 7.99.